The lowest BCUT2D eigenvalue weighted by Crippen LogP contribution is -2.37. The summed E-state index contributed by atoms with van der Waals surface area (Å²) in [6.07, 6.45) is 3.55. The number of fused-ring (bicyclic) bond motifs is 1. The highest BCUT2D eigenvalue weighted by Gasteiger charge is 2.19. The van der Waals surface area contributed by atoms with Crippen LogP contribution in [0.3, 0.4) is 0 Å². The van der Waals surface area contributed by atoms with E-state index < -0.39 is 0 Å². The van der Waals surface area contributed by atoms with E-state index in [0.29, 0.717) is 23.2 Å². The first kappa shape index (κ1) is 12.2. The number of hydrogen-bond acceptors (Lipinski definition) is 5. The SMILES string of the molecule is Cc1nc(NC2CCN(C)CC2)n2nc[nH]c(=O)c12. The fraction of sp³-hybridized carbons (Fsp3) is 0.583. The van der Waals surface area contributed by atoms with E-state index in [-0.39, 0.29) is 5.56 Å². The molecule has 3 heterocycles. The van der Waals surface area contributed by atoms with Crippen LogP contribution in [-0.2, 0) is 0 Å². The van der Waals surface area contributed by atoms with Crippen LogP contribution in [-0.4, -0.2) is 50.7 Å². The summed E-state index contributed by atoms with van der Waals surface area (Å²) in [5, 5.41) is 7.57. The molecular formula is C12H18N6O. The third-order valence-corrected chi connectivity index (χ3v) is 3.66. The van der Waals surface area contributed by atoms with Crippen molar-refractivity contribution in [1.29, 1.82) is 0 Å². The molecule has 2 N–H and O–H groups in total. The fourth-order valence-electron chi connectivity index (χ4n) is 2.53. The first-order valence-corrected chi connectivity index (χ1v) is 6.53. The van der Waals surface area contributed by atoms with Gasteiger partial charge in [-0.05, 0) is 39.9 Å². The second-order valence-electron chi connectivity index (χ2n) is 5.12. The van der Waals surface area contributed by atoms with Gasteiger partial charge in [0.15, 0.2) is 5.52 Å². The Balaban J connectivity index is 1.89. The van der Waals surface area contributed by atoms with E-state index in [1.807, 2.05) is 6.92 Å². The second kappa shape index (κ2) is 4.65. The Hall–Kier alpha value is -1.89. The van der Waals surface area contributed by atoms with Gasteiger partial charge in [0, 0.05) is 6.04 Å². The minimum absolute atomic E-state index is 0.156. The third-order valence-electron chi connectivity index (χ3n) is 3.66. The predicted octanol–water partition coefficient (Wildman–Crippen LogP) is 0.232. The highest BCUT2D eigenvalue weighted by atomic mass is 16.1. The summed E-state index contributed by atoms with van der Waals surface area (Å²) in [4.78, 5) is 21.1. The van der Waals surface area contributed by atoms with Crippen molar-refractivity contribution in [3.63, 3.8) is 0 Å². The molecule has 19 heavy (non-hydrogen) atoms. The van der Waals surface area contributed by atoms with Gasteiger partial charge in [0.25, 0.3) is 5.56 Å². The molecule has 3 rings (SSSR count). The van der Waals surface area contributed by atoms with Gasteiger partial charge in [0.1, 0.15) is 6.33 Å². The van der Waals surface area contributed by atoms with Crippen LogP contribution in [0.4, 0.5) is 5.95 Å². The maximum absolute atomic E-state index is 11.8. The van der Waals surface area contributed by atoms with Crippen LogP contribution >= 0.6 is 0 Å². The lowest BCUT2D eigenvalue weighted by atomic mass is 10.1. The molecule has 7 nitrogen and oxygen atoms in total. The number of anilines is 1. The Bertz CT molecular complexity index is 637. The number of aromatic amines is 1. The third kappa shape index (κ3) is 2.21. The predicted molar refractivity (Wildman–Crippen MR) is 72.5 cm³/mol. The summed E-state index contributed by atoms with van der Waals surface area (Å²) in [5.74, 6) is 0.660. The average Bonchev–Trinajstić information content (AvgIpc) is 2.70. The monoisotopic (exact) mass is 262 g/mol. The van der Waals surface area contributed by atoms with Crippen LogP contribution < -0.4 is 10.9 Å². The lowest BCUT2D eigenvalue weighted by molar-refractivity contribution is 0.263. The number of H-pyrrole nitrogens is 1. The quantitative estimate of drug-likeness (QED) is 0.810. The van der Waals surface area contributed by atoms with Gasteiger partial charge >= 0.3 is 0 Å². The van der Waals surface area contributed by atoms with Gasteiger partial charge in [-0.2, -0.15) is 9.61 Å². The molecule has 0 aliphatic carbocycles. The molecule has 0 atom stereocenters. The zero-order chi connectivity index (χ0) is 13.4. The molecule has 0 spiro atoms. The maximum atomic E-state index is 11.8. The molecule has 7 heteroatoms. The second-order valence-corrected chi connectivity index (χ2v) is 5.12. The van der Waals surface area contributed by atoms with Gasteiger partial charge in [-0.1, -0.05) is 0 Å². The summed E-state index contributed by atoms with van der Waals surface area (Å²) in [6, 6.07) is 0.391. The molecule has 1 fully saturated rings. The highest BCUT2D eigenvalue weighted by Crippen LogP contribution is 2.16. The molecule has 1 aliphatic heterocycles. The number of aryl methyl sites for hydroxylation is 1. The van der Waals surface area contributed by atoms with Gasteiger partial charge < -0.3 is 15.2 Å². The Morgan fingerprint density at radius 2 is 2.16 bits per heavy atom. The van der Waals surface area contributed by atoms with Crippen molar-refractivity contribution in [2.75, 3.05) is 25.5 Å². The van der Waals surface area contributed by atoms with Gasteiger partial charge in [0.2, 0.25) is 5.95 Å². The molecule has 2 aromatic heterocycles. The fourth-order valence-corrected chi connectivity index (χ4v) is 2.53. The van der Waals surface area contributed by atoms with Gasteiger partial charge in [-0.25, -0.2) is 4.98 Å². The average molecular weight is 262 g/mol. The van der Waals surface area contributed by atoms with Crippen molar-refractivity contribution < 1.29 is 0 Å². The summed E-state index contributed by atoms with van der Waals surface area (Å²) in [7, 11) is 2.13. The Labute approximate surface area is 110 Å². The number of imidazole rings is 1. The maximum Gasteiger partial charge on any atom is 0.277 e. The van der Waals surface area contributed by atoms with E-state index in [9.17, 15) is 4.79 Å². The van der Waals surface area contributed by atoms with Crippen molar-refractivity contribution >= 4 is 11.5 Å². The minimum atomic E-state index is -0.156. The van der Waals surface area contributed by atoms with E-state index in [2.05, 4.69) is 32.3 Å². The van der Waals surface area contributed by atoms with Gasteiger partial charge in [-0.15, -0.1) is 0 Å². The standard InChI is InChI=1S/C12H18N6O/c1-8-10-11(19)13-7-14-18(10)12(15-8)16-9-3-5-17(2)6-4-9/h7,9H,3-6H2,1-2H3,(H,15,16)(H,13,14,19). The molecular weight excluding hydrogens is 244 g/mol. The normalized spacial score (nSPS) is 18.0. The molecule has 0 amide bonds. The number of likely N-dealkylation sites (tertiary alicyclic amines) is 1. The molecule has 102 valence electrons. The van der Waals surface area contributed by atoms with Crippen molar-refractivity contribution in [1.82, 2.24) is 24.5 Å². The van der Waals surface area contributed by atoms with E-state index in [4.69, 9.17) is 0 Å². The van der Waals surface area contributed by atoms with Crippen LogP contribution in [0.15, 0.2) is 11.1 Å². The molecule has 0 unspecified atom stereocenters. The topological polar surface area (TPSA) is 78.3 Å². The number of piperidine rings is 1. The van der Waals surface area contributed by atoms with Gasteiger partial charge in [-0.3, -0.25) is 4.79 Å². The summed E-state index contributed by atoms with van der Waals surface area (Å²) >= 11 is 0. The van der Waals surface area contributed by atoms with Crippen molar-refractivity contribution in [3.05, 3.63) is 22.4 Å². The molecule has 1 aliphatic rings. The summed E-state index contributed by atoms with van der Waals surface area (Å²) in [5.41, 5.74) is 1.05. The summed E-state index contributed by atoms with van der Waals surface area (Å²) < 4.78 is 1.59. The highest BCUT2D eigenvalue weighted by molar-refractivity contribution is 5.55. The van der Waals surface area contributed by atoms with E-state index in [0.717, 1.165) is 25.9 Å². The van der Waals surface area contributed by atoms with Gasteiger partial charge in [0.05, 0.1) is 5.69 Å². The molecule has 0 radical (unpaired) electrons. The minimum Gasteiger partial charge on any atom is -0.351 e. The van der Waals surface area contributed by atoms with Crippen LogP contribution in [0.5, 0.6) is 0 Å². The van der Waals surface area contributed by atoms with E-state index in [1.54, 1.807) is 4.52 Å². The molecule has 0 saturated carbocycles. The van der Waals surface area contributed by atoms with Crippen molar-refractivity contribution in [2.45, 2.75) is 25.8 Å². The number of aromatic nitrogens is 4. The van der Waals surface area contributed by atoms with Crippen LogP contribution in [0, 0.1) is 6.92 Å². The Morgan fingerprint density at radius 3 is 2.89 bits per heavy atom. The number of hydrogen-bond donors (Lipinski definition) is 2. The van der Waals surface area contributed by atoms with E-state index >= 15 is 0 Å². The van der Waals surface area contributed by atoms with Crippen LogP contribution in [0.25, 0.3) is 5.52 Å². The van der Waals surface area contributed by atoms with Crippen LogP contribution in [0.2, 0.25) is 0 Å². The van der Waals surface area contributed by atoms with E-state index in [1.165, 1.54) is 6.33 Å². The first-order valence-electron chi connectivity index (χ1n) is 6.53. The van der Waals surface area contributed by atoms with Crippen LogP contribution in [0.1, 0.15) is 18.5 Å². The molecule has 1 saturated heterocycles. The zero-order valence-electron chi connectivity index (χ0n) is 11.2. The number of rotatable bonds is 2. The van der Waals surface area contributed by atoms with Crippen molar-refractivity contribution in [3.8, 4) is 0 Å². The van der Waals surface area contributed by atoms with Crippen molar-refractivity contribution in [2.24, 2.45) is 0 Å². The largest absolute Gasteiger partial charge is 0.351 e. The summed E-state index contributed by atoms with van der Waals surface area (Å²) in [6.45, 7) is 3.98. The molecule has 0 aromatic carbocycles. The molecule has 0 bridgehead atoms. The Morgan fingerprint density at radius 1 is 1.42 bits per heavy atom. The number of nitrogens with one attached hydrogen (secondary N) is 2. The zero-order valence-corrected chi connectivity index (χ0v) is 11.2. The smallest absolute Gasteiger partial charge is 0.277 e. The first-order chi connectivity index (χ1) is 9.15. The Kier molecular flexibility index (Phi) is 2.98. The molecule has 2 aromatic rings. The lowest BCUT2D eigenvalue weighted by Gasteiger charge is -2.29. The number of nitrogens with zero attached hydrogens (tertiary/aromatic N) is 4.